The lowest BCUT2D eigenvalue weighted by Crippen LogP contribution is -2.12. The number of fused-ring (bicyclic) bond motifs is 1. The van der Waals surface area contributed by atoms with Gasteiger partial charge in [-0.25, -0.2) is 4.52 Å². The first-order chi connectivity index (χ1) is 8.74. The van der Waals surface area contributed by atoms with Crippen LogP contribution >= 0.6 is 15.9 Å². The molecule has 0 bridgehead atoms. The number of carbonyl (C=O) groups is 1. The molecule has 0 saturated heterocycles. The van der Waals surface area contributed by atoms with Gasteiger partial charge in [-0.1, -0.05) is 0 Å². The summed E-state index contributed by atoms with van der Waals surface area (Å²) in [4.78, 5) is 11.9. The summed E-state index contributed by atoms with van der Waals surface area (Å²) in [6.07, 6.45) is 4.92. The molecular formula is C11H8BrN5O. The normalized spacial score (nSPS) is 10.7. The van der Waals surface area contributed by atoms with Gasteiger partial charge in [0.15, 0.2) is 5.69 Å². The van der Waals surface area contributed by atoms with E-state index in [1.54, 1.807) is 23.0 Å². The predicted octanol–water partition coefficient (Wildman–Crippen LogP) is 2.07. The van der Waals surface area contributed by atoms with E-state index < -0.39 is 0 Å². The minimum atomic E-state index is -0.271. The van der Waals surface area contributed by atoms with Crippen LogP contribution in [0.25, 0.3) is 5.52 Å². The molecule has 0 spiro atoms. The molecule has 3 aromatic rings. The Balaban J connectivity index is 1.94. The Bertz CT molecular complexity index is 703. The summed E-state index contributed by atoms with van der Waals surface area (Å²) in [5.74, 6) is -0.271. The molecule has 0 atom stereocenters. The average Bonchev–Trinajstić information content (AvgIpc) is 2.97. The molecule has 0 aliphatic carbocycles. The van der Waals surface area contributed by atoms with Crippen LogP contribution in [-0.2, 0) is 0 Å². The van der Waals surface area contributed by atoms with Crippen LogP contribution in [0.1, 0.15) is 10.5 Å². The van der Waals surface area contributed by atoms with E-state index in [4.69, 9.17) is 0 Å². The van der Waals surface area contributed by atoms with Crippen molar-refractivity contribution in [3.63, 3.8) is 0 Å². The Morgan fingerprint density at radius 2 is 2.39 bits per heavy atom. The van der Waals surface area contributed by atoms with Gasteiger partial charge in [0.05, 0.1) is 17.4 Å². The maximum atomic E-state index is 11.9. The number of nitrogens with zero attached hydrogens (tertiary/aromatic N) is 3. The van der Waals surface area contributed by atoms with Crippen LogP contribution in [0.4, 0.5) is 5.69 Å². The van der Waals surface area contributed by atoms with E-state index in [2.05, 4.69) is 36.5 Å². The standard InChI is InChI=1S/C11H8BrN5O/c12-8-2-1-3-17-10(8)4-9(16-17)11(18)15-7-5-13-14-6-7/h1-6H,(H,13,14)(H,15,18). The van der Waals surface area contributed by atoms with Gasteiger partial charge in [-0.15, -0.1) is 0 Å². The fourth-order valence-electron chi connectivity index (χ4n) is 1.61. The highest BCUT2D eigenvalue weighted by molar-refractivity contribution is 9.10. The van der Waals surface area contributed by atoms with Crippen molar-refractivity contribution in [3.8, 4) is 0 Å². The molecule has 0 aliphatic heterocycles. The fourth-order valence-corrected chi connectivity index (χ4v) is 2.05. The minimum absolute atomic E-state index is 0.271. The number of rotatable bonds is 2. The van der Waals surface area contributed by atoms with Crippen LogP contribution in [-0.4, -0.2) is 25.7 Å². The SMILES string of the molecule is O=C(Nc1cn[nH]c1)c1cc2c(Br)cccn2n1. The van der Waals surface area contributed by atoms with E-state index in [0.29, 0.717) is 11.4 Å². The Labute approximate surface area is 110 Å². The Morgan fingerprint density at radius 3 is 3.11 bits per heavy atom. The van der Waals surface area contributed by atoms with Crippen molar-refractivity contribution in [1.82, 2.24) is 19.8 Å². The zero-order valence-corrected chi connectivity index (χ0v) is 10.7. The van der Waals surface area contributed by atoms with Crippen LogP contribution in [0.15, 0.2) is 41.3 Å². The van der Waals surface area contributed by atoms with Gasteiger partial charge in [-0.05, 0) is 34.1 Å². The molecule has 1 amide bonds. The molecule has 6 nitrogen and oxygen atoms in total. The Morgan fingerprint density at radius 1 is 1.50 bits per heavy atom. The lowest BCUT2D eigenvalue weighted by Gasteiger charge is -1.96. The third kappa shape index (κ3) is 1.88. The molecule has 0 radical (unpaired) electrons. The van der Waals surface area contributed by atoms with Crippen molar-refractivity contribution in [2.24, 2.45) is 0 Å². The number of nitrogens with one attached hydrogen (secondary N) is 2. The Kier molecular flexibility index (Phi) is 2.60. The second-order valence-corrected chi connectivity index (χ2v) is 4.51. The number of aromatic nitrogens is 4. The number of H-pyrrole nitrogens is 1. The number of hydrogen-bond donors (Lipinski definition) is 2. The van der Waals surface area contributed by atoms with Gasteiger partial charge < -0.3 is 5.32 Å². The van der Waals surface area contributed by atoms with Crippen LogP contribution in [0.5, 0.6) is 0 Å². The average molecular weight is 306 g/mol. The van der Waals surface area contributed by atoms with Crippen molar-refractivity contribution in [3.05, 3.63) is 47.0 Å². The van der Waals surface area contributed by atoms with E-state index >= 15 is 0 Å². The van der Waals surface area contributed by atoms with E-state index in [9.17, 15) is 4.79 Å². The van der Waals surface area contributed by atoms with Gasteiger partial charge >= 0.3 is 0 Å². The van der Waals surface area contributed by atoms with Crippen molar-refractivity contribution >= 4 is 33.0 Å². The maximum Gasteiger partial charge on any atom is 0.276 e. The molecule has 90 valence electrons. The summed E-state index contributed by atoms with van der Waals surface area (Å²) >= 11 is 3.41. The molecule has 18 heavy (non-hydrogen) atoms. The largest absolute Gasteiger partial charge is 0.318 e. The highest BCUT2D eigenvalue weighted by Gasteiger charge is 2.12. The van der Waals surface area contributed by atoms with Crippen molar-refractivity contribution in [2.75, 3.05) is 5.32 Å². The molecule has 3 heterocycles. The Hall–Kier alpha value is -2.15. The van der Waals surface area contributed by atoms with Crippen LogP contribution in [0.3, 0.4) is 0 Å². The summed E-state index contributed by atoms with van der Waals surface area (Å²) in [6.45, 7) is 0. The monoisotopic (exact) mass is 305 g/mol. The summed E-state index contributed by atoms with van der Waals surface area (Å²) in [7, 11) is 0. The lowest BCUT2D eigenvalue weighted by atomic mass is 10.3. The number of aromatic amines is 1. The van der Waals surface area contributed by atoms with Gasteiger partial charge in [-0.2, -0.15) is 10.2 Å². The van der Waals surface area contributed by atoms with E-state index in [1.165, 1.54) is 6.20 Å². The van der Waals surface area contributed by atoms with Crippen molar-refractivity contribution < 1.29 is 4.79 Å². The minimum Gasteiger partial charge on any atom is -0.318 e. The lowest BCUT2D eigenvalue weighted by molar-refractivity contribution is 0.102. The van der Waals surface area contributed by atoms with Crippen LogP contribution < -0.4 is 5.32 Å². The summed E-state index contributed by atoms with van der Waals surface area (Å²) in [6, 6.07) is 5.47. The van der Waals surface area contributed by atoms with Crippen molar-refractivity contribution in [2.45, 2.75) is 0 Å². The number of hydrogen-bond acceptors (Lipinski definition) is 3. The molecule has 0 fully saturated rings. The first-order valence-electron chi connectivity index (χ1n) is 5.18. The van der Waals surface area contributed by atoms with Gasteiger partial charge in [0, 0.05) is 16.9 Å². The second kappa shape index (κ2) is 4.26. The third-order valence-electron chi connectivity index (χ3n) is 2.44. The molecule has 3 rings (SSSR count). The number of amides is 1. The first-order valence-corrected chi connectivity index (χ1v) is 5.97. The molecule has 2 N–H and O–H groups in total. The number of carbonyl (C=O) groups excluding carboxylic acids is 1. The van der Waals surface area contributed by atoms with Gasteiger partial charge in [0.1, 0.15) is 0 Å². The quantitative estimate of drug-likeness (QED) is 0.761. The van der Waals surface area contributed by atoms with E-state index in [0.717, 1.165) is 9.99 Å². The number of halogens is 1. The zero-order chi connectivity index (χ0) is 12.5. The molecule has 7 heteroatoms. The topological polar surface area (TPSA) is 75.1 Å². The first kappa shape index (κ1) is 11.0. The zero-order valence-electron chi connectivity index (χ0n) is 9.09. The molecule has 3 aromatic heterocycles. The molecule has 0 aromatic carbocycles. The summed E-state index contributed by atoms with van der Waals surface area (Å²) < 4.78 is 2.54. The van der Waals surface area contributed by atoms with Crippen LogP contribution in [0.2, 0.25) is 0 Å². The predicted molar refractivity (Wildman–Crippen MR) is 69.4 cm³/mol. The van der Waals surface area contributed by atoms with Crippen molar-refractivity contribution in [1.29, 1.82) is 0 Å². The van der Waals surface area contributed by atoms with Gasteiger partial charge in [-0.3, -0.25) is 9.89 Å². The number of anilines is 1. The maximum absolute atomic E-state index is 11.9. The highest BCUT2D eigenvalue weighted by atomic mass is 79.9. The highest BCUT2D eigenvalue weighted by Crippen LogP contribution is 2.18. The number of pyridine rings is 1. The summed E-state index contributed by atoms with van der Waals surface area (Å²) in [5.41, 5.74) is 1.80. The van der Waals surface area contributed by atoms with Gasteiger partial charge in [0.25, 0.3) is 5.91 Å². The molecule has 0 unspecified atom stereocenters. The van der Waals surface area contributed by atoms with E-state index in [-0.39, 0.29) is 5.91 Å². The molecule has 0 saturated carbocycles. The third-order valence-corrected chi connectivity index (χ3v) is 3.11. The smallest absolute Gasteiger partial charge is 0.276 e. The summed E-state index contributed by atoms with van der Waals surface area (Å²) in [5, 5.41) is 13.3. The fraction of sp³-hybridized carbons (Fsp3) is 0. The van der Waals surface area contributed by atoms with E-state index in [1.807, 2.05) is 12.1 Å². The van der Waals surface area contributed by atoms with Gasteiger partial charge in [0.2, 0.25) is 0 Å². The molecular weight excluding hydrogens is 298 g/mol. The molecule has 0 aliphatic rings. The second-order valence-electron chi connectivity index (χ2n) is 3.66. The van der Waals surface area contributed by atoms with Crippen LogP contribution in [0, 0.1) is 0 Å².